The van der Waals surface area contributed by atoms with Crippen molar-refractivity contribution in [2.45, 2.75) is 79.1 Å². The van der Waals surface area contributed by atoms with Crippen LogP contribution >= 0.6 is 0 Å². The predicted octanol–water partition coefficient (Wildman–Crippen LogP) is 2.88. The van der Waals surface area contributed by atoms with Crippen LogP contribution in [0.15, 0.2) is 23.3 Å². The molecule has 0 radical (unpaired) electrons. The Balaban J connectivity index is 2.01. The average Bonchev–Trinajstić information content (AvgIpc) is 3.39. The maximum absolute atomic E-state index is 14.1. The second-order valence-electron chi connectivity index (χ2n) is 10.6. The minimum atomic E-state index is -1.24. The predicted molar refractivity (Wildman–Crippen MR) is 119 cm³/mol. The number of ketones is 2. The van der Waals surface area contributed by atoms with Crippen molar-refractivity contribution in [2.75, 3.05) is 0 Å². The number of carbonyl (C=O) groups is 5. The van der Waals surface area contributed by atoms with Gasteiger partial charge in [0, 0.05) is 43.3 Å². The summed E-state index contributed by atoms with van der Waals surface area (Å²) in [5.74, 6) is -3.35. The monoisotopic (exact) mass is 472 g/mol. The Labute approximate surface area is 199 Å². The Hall–Kier alpha value is -2.77. The minimum Gasteiger partial charge on any atom is -0.458 e. The van der Waals surface area contributed by atoms with Crippen molar-refractivity contribution in [2.24, 2.45) is 28.6 Å². The molecule has 0 heterocycles. The Morgan fingerprint density at radius 3 is 2.03 bits per heavy atom. The first-order chi connectivity index (χ1) is 15.8. The molecule has 4 aliphatic rings. The molecule has 0 aromatic rings. The van der Waals surface area contributed by atoms with Crippen LogP contribution in [-0.2, 0) is 38.2 Å². The zero-order valence-electron chi connectivity index (χ0n) is 20.6. The largest absolute Gasteiger partial charge is 0.458 e. The van der Waals surface area contributed by atoms with Crippen molar-refractivity contribution in [1.29, 1.82) is 0 Å². The van der Waals surface area contributed by atoms with Crippen molar-refractivity contribution >= 4 is 29.5 Å². The second-order valence-corrected chi connectivity index (χ2v) is 10.6. The molecule has 0 unspecified atom stereocenters. The lowest BCUT2D eigenvalue weighted by atomic mass is 9.50. The highest BCUT2D eigenvalue weighted by Gasteiger charge is 2.73. The average molecular weight is 473 g/mol. The number of fused-ring (bicyclic) bond motifs is 2. The summed E-state index contributed by atoms with van der Waals surface area (Å²) in [5, 5.41) is 0. The lowest BCUT2D eigenvalue weighted by Gasteiger charge is -2.55. The molecular formula is C26H32O8. The molecule has 1 spiro atoms. The molecule has 184 valence electrons. The minimum absolute atomic E-state index is 0.0738. The molecule has 2 saturated carbocycles. The van der Waals surface area contributed by atoms with Crippen molar-refractivity contribution < 1.29 is 38.2 Å². The second kappa shape index (κ2) is 7.89. The summed E-state index contributed by atoms with van der Waals surface area (Å²) in [5.41, 5.74) is -1.02. The van der Waals surface area contributed by atoms with Crippen molar-refractivity contribution in [3.63, 3.8) is 0 Å². The fraction of sp³-hybridized carbons (Fsp3) is 0.654. The molecule has 4 aliphatic carbocycles. The van der Waals surface area contributed by atoms with Crippen LogP contribution in [0.25, 0.3) is 0 Å². The molecule has 0 amide bonds. The summed E-state index contributed by atoms with van der Waals surface area (Å²) in [6, 6.07) is 0. The van der Waals surface area contributed by atoms with Gasteiger partial charge in [0.1, 0.15) is 0 Å². The summed E-state index contributed by atoms with van der Waals surface area (Å²) >= 11 is 0. The van der Waals surface area contributed by atoms with Crippen molar-refractivity contribution in [3.8, 4) is 0 Å². The van der Waals surface area contributed by atoms with Gasteiger partial charge < -0.3 is 14.2 Å². The molecule has 0 aromatic heterocycles. The zero-order valence-corrected chi connectivity index (χ0v) is 20.6. The smallest absolute Gasteiger partial charge is 0.303 e. The number of Topliss-reactive ketones (excluding diaryl/α,β-unsaturated/α-hetero) is 2. The first-order valence-electron chi connectivity index (χ1n) is 11.8. The highest BCUT2D eigenvalue weighted by Crippen LogP contribution is 2.66. The summed E-state index contributed by atoms with van der Waals surface area (Å²) in [6.45, 7) is 13.7. The maximum Gasteiger partial charge on any atom is 0.303 e. The fourth-order valence-electron chi connectivity index (χ4n) is 6.69. The molecule has 0 saturated heterocycles. The third kappa shape index (κ3) is 3.28. The van der Waals surface area contributed by atoms with Crippen LogP contribution in [0.2, 0.25) is 0 Å². The van der Waals surface area contributed by atoms with Gasteiger partial charge in [0.15, 0.2) is 24.1 Å². The number of hydrogen-bond acceptors (Lipinski definition) is 8. The molecule has 8 nitrogen and oxygen atoms in total. The summed E-state index contributed by atoms with van der Waals surface area (Å²) in [6.07, 6.45) is -1.82. The van der Waals surface area contributed by atoms with Gasteiger partial charge in [-0.15, -0.1) is 0 Å². The van der Waals surface area contributed by atoms with E-state index >= 15 is 0 Å². The van der Waals surface area contributed by atoms with Gasteiger partial charge in [-0.25, -0.2) is 0 Å². The number of hydrogen-bond donors (Lipinski definition) is 0. The van der Waals surface area contributed by atoms with E-state index in [1.807, 2.05) is 20.8 Å². The van der Waals surface area contributed by atoms with Crippen molar-refractivity contribution in [1.82, 2.24) is 0 Å². The van der Waals surface area contributed by atoms with E-state index in [-0.39, 0.29) is 28.8 Å². The zero-order chi connectivity index (χ0) is 25.3. The summed E-state index contributed by atoms with van der Waals surface area (Å²) in [4.78, 5) is 64.5. The van der Waals surface area contributed by atoms with Gasteiger partial charge in [0.25, 0.3) is 0 Å². The molecule has 0 aromatic carbocycles. The van der Waals surface area contributed by atoms with Crippen LogP contribution in [0, 0.1) is 28.6 Å². The maximum atomic E-state index is 14.1. The number of rotatable bonds is 3. The van der Waals surface area contributed by atoms with Crippen LogP contribution in [0.3, 0.4) is 0 Å². The van der Waals surface area contributed by atoms with Gasteiger partial charge >= 0.3 is 17.9 Å². The molecule has 0 bridgehead atoms. The molecule has 8 heteroatoms. The van der Waals surface area contributed by atoms with E-state index in [1.165, 1.54) is 20.8 Å². The van der Waals surface area contributed by atoms with Crippen LogP contribution in [0.5, 0.6) is 0 Å². The van der Waals surface area contributed by atoms with E-state index in [1.54, 1.807) is 0 Å². The van der Waals surface area contributed by atoms with E-state index in [0.29, 0.717) is 12.8 Å². The molecule has 2 fully saturated rings. The van der Waals surface area contributed by atoms with E-state index in [0.717, 1.165) is 12.0 Å². The van der Waals surface area contributed by atoms with E-state index in [2.05, 4.69) is 6.58 Å². The van der Waals surface area contributed by atoms with E-state index < -0.39 is 58.8 Å². The Morgan fingerprint density at radius 2 is 1.53 bits per heavy atom. The van der Waals surface area contributed by atoms with E-state index in [4.69, 9.17) is 14.2 Å². The quantitative estimate of drug-likeness (QED) is 0.350. The normalized spacial score (nSPS) is 40.9. The third-order valence-electron chi connectivity index (χ3n) is 8.43. The third-order valence-corrected chi connectivity index (χ3v) is 8.43. The van der Waals surface area contributed by atoms with Crippen molar-refractivity contribution in [3.05, 3.63) is 23.3 Å². The van der Waals surface area contributed by atoms with Crippen LogP contribution in [-0.4, -0.2) is 47.8 Å². The van der Waals surface area contributed by atoms with Gasteiger partial charge in [-0.1, -0.05) is 32.9 Å². The molecule has 0 N–H and O–H groups in total. The van der Waals surface area contributed by atoms with Crippen LogP contribution in [0.4, 0.5) is 0 Å². The van der Waals surface area contributed by atoms with Gasteiger partial charge in [-0.05, 0) is 31.1 Å². The molecule has 34 heavy (non-hydrogen) atoms. The first-order valence-corrected chi connectivity index (χ1v) is 11.8. The van der Waals surface area contributed by atoms with Gasteiger partial charge in [-0.3, -0.25) is 24.0 Å². The SMILES string of the molecule is C=C1[C@H](C)CC[C@]2(C)C3=C(C(=O)[C@]4(C[C@@H]4C)[C@@H](OC(C)=O)C3=O)[C@H](OC(C)=O)[C@@H](OC(C)=O)[C@@H]12. The van der Waals surface area contributed by atoms with E-state index in [9.17, 15) is 24.0 Å². The van der Waals surface area contributed by atoms with Crippen LogP contribution < -0.4 is 0 Å². The Morgan fingerprint density at radius 1 is 0.971 bits per heavy atom. The standard InChI is InChI=1S/C26H32O8/c1-11-8-9-25(7)18(13(11)3)22(33-15(5)28)21(32-14(4)27)17-19(25)20(30)24(34-16(6)29)26(23(17)31)10-12(26)2/h11-12,18,21-22,24H,3,8-10H2,1-2,4-7H3/t11-,12+,18-,21+,22+,24+,25+,26-/m1/s1. The lowest BCUT2D eigenvalue weighted by molar-refractivity contribution is -0.176. The van der Waals surface area contributed by atoms with Crippen LogP contribution in [0.1, 0.15) is 60.8 Å². The first kappa shape index (κ1) is 24.4. The summed E-state index contributed by atoms with van der Waals surface area (Å²) in [7, 11) is 0. The fourth-order valence-corrected chi connectivity index (χ4v) is 6.69. The highest BCUT2D eigenvalue weighted by molar-refractivity contribution is 6.20. The molecular weight excluding hydrogens is 440 g/mol. The Bertz CT molecular complexity index is 1050. The highest BCUT2D eigenvalue weighted by atomic mass is 16.6. The number of carbonyl (C=O) groups excluding carboxylic acids is 5. The Kier molecular flexibility index (Phi) is 5.65. The number of ether oxygens (including phenoxy) is 3. The number of esters is 3. The molecule has 4 rings (SSSR count). The molecule has 0 aliphatic heterocycles. The summed E-state index contributed by atoms with van der Waals surface area (Å²) < 4.78 is 16.9. The molecule has 8 atom stereocenters. The topological polar surface area (TPSA) is 113 Å². The lowest BCUT2D eigenvalue weighted by Crippen LogP contribution is -2.62. The van der Waals surface area contributed by atoms with Gasteiger partial charge in [0.05, 0.1) is 5.41 Å². The van der Waals surface area contributed by atoms with Gasteiger partial charge in [0.2, 0.25) is 5.78 Å². The van der Waals surface area contributed by atoms with Gasteiger partial charge in [-0.2, -0.15) is 0 Å².